The number of nitrogens with zero attached hydrogens (tertiary/aromatic N) is 1. The maximum Gasteiger partial charge on any atom is 0.321 e. The first-order valence-electron chi connectivity index (χ1n) is 9.51. The van der Waals surface area contributed by atoms with Crippen molar-refractivity contribution in [1.82, 2.24) is 0 Å². The van der Waals surface area contributed by atoms with Crippen LogP contribution < -0.4 is 0 Å². The zero-order chi connectivity index (χ0) is 20.5. The number of esters is 1. The molecular weight excluding hydrogens is 358 g/mol. The minimum absolute atomic E-state index is 0.237. The van der Waals surface area contributed by atoms with E-state index in [0.717, 1.165) is 10.8 Å². The van der Waals surface area contributed by atoms with E-state index in [-0.39, 0.29) is 18.6 Å². The highest BCUT2D eigenvalue weighted by atomic mass is 16.6. The van der Waals surface area contributed by atoms with Crippen LogP contribution in [-0.2, 0) is 14.3 Å². The van der Waals surface area contributed by atoms with Crippen LogP contribution in [0.15, 0.2) is 42.5 Å². The maximum atomic E-state index is 13.2. The Morgan fingerprint density at radius 1 is 1.21 bits per heavy atom. The highest BCUT2D eigenvalue weighted by Gasteiger charge is 2.58. The monoisotopic (exact) mass is 383 g/mol. The van der Waals surface area contributed by atoms with Crippen LogP contribution in [0.25, 0.3) is 10.8 Å². The molecule has 2 atom stereocenters. The van der Waals surface area contributed by atoms with Crippen molar-refractivity contribution in [3.8, 4) is 0 Å². The Labute approximate surface area is 164 Å². The summed E-state index contributed by atoms with van der Waals surface area (Å²) in [5.74, 6) is -1.78. The van der Waals surface area contributed by atoms with Crippen molar-refractivity contribution in [2.24, 2.45) is 5.41 Å². The second-order valence-electron chi connectivity index (χ2n) is 8.42. The second kappa shape index (κ2) is 7.34. The van der Waals surface area contributed by atoms with E-state index in [4.69, 9.17) is 4.74 Å². The van der Waals surface area contributed by atoms with Gasteiger partial charge in [-0.1, -0.05) is 42.5 Å². The van der Waals surface area contributed by atoms with E-state index in [1.165, 1.54) is 0 Å². The number of carbonyl (C=O) groups is 2. The third-order valence-corrected chi connectivity index (χ3v) is 5.34. The first-order valence-corrected chi connectivity index (χ1v) is 9.51. The third kappa shape index (κ3) is 3.77. The number of hydrogen-bond donors (Lipinski definition) is 0. The van der Waals surface area contributed by atoms with Crippen molar-refractivity contribution in [3.63, 3.8) is 0 Å². The van der Waals surface area contributed by atoms with Gasteiger partial charge in [0.25, 0.3) is 0 Å². The van der Waals surface area contributed by atoms with E-state index >= 15 is 0 Å². The predicted octanol–water partition coefficient (Wildman–Crippen LogP) is 4.28. The van der Waals surface area contributed by atoms with Crippen molar-refractivity contribution in [3.05, 3.63) is 58.1 Å². The number of ketones is 1. The smallest absolute Gasteiger partial charge is 0.321 e. The first kappa shape index (κ1) is 20.0. The minimum atomic E-state index is -1.51. The molecule has 0 amide bonds. The van der Waals surface area contributed by atoms with E-state index in [1.54, 1.807) is 26.8 Å². The highest BCUT2D eigenvalue weighted by Crippen LogP contribution is 2.48. The summed E-state index contributed by atoms with van der Waals surface area (Å²) < 4.78 is 5.58. The van der Waals surface area contributed by atoms with Gasteiger partial charge >= 0.3 is 5.97 Å². The number of benzene rings is 2. The van der Waals surface area contributed by atoms with Crippen LogP contribution in [0.1, 0.15) is 51.5 Å². The van der Waals surface area contributed by atoms with E-state index in [0.29, 0.717) is 12.0 Å². The Balaban J connectivity index is 2.14. The van der Waals surface area contributed by atoms with Gasteiger partial charge < -0.3 is 4.74 Å². The molecule has 2 aromatic rings. The maximum absolute atomic E-state index is 13.2. The molecule has 0 N–H and O–H groups in total. The summed E-state index contributed by atoms with van der Waals surface area (Å²) in [5, 5.41) is 13.4. The van der Waals surface area contributed by atoms with Gasteiger partial charge in [0.15, 0.2) is 5.78 Å². The van der Waals surface area contributed by atoms with Gasteiger partial charge in [0.1, 0.15) is 11.0 Å². The van der Waals surface area contributed by atoms with Crippen LogP contribution in [-0.4, -0.2) is 28.8 Å². The fourth-order valence-corrected chi connectivity index (χ4v) is 4.11. The van der Waals surface area contributed by atoms with E-state index in [2.05, 4.69) is 0 Å². The summed E-state index contributed by atoms with van der Waals surface area (Å²) in [6, 6.07) is 13.2. The molecule has 0 aromatic heterocycles. The molecule has 2 aromatic carbocycles. The second-order valence-corrected chi connectivity index (χ2v) is 8.42. The van der Waals surface area contributed by atoms with Gasteiger partial charge in [-0.15, -0.1) is 0 Å². The van der Waals surface area contributed by atoms with Gasteiger partial charge in [-0.05, 0) is 49.9 Å². The number of carbonyl (C=O) groups excluding carboxylic acids is 2. The van der Waals surface area contributed by atoms with Crippen molar-refractivity contribution in [2.45, 2.75) is 51.6 Å². The van der Waals surface area contributed by atoms with E-state index in [9.17, 15) is 19.7 Å². The molecule has 0 aliphatic heterocycles. The summed E-state index contributed by atoms with van der Waals surface area (Å²) in [4.78, 5) is 37.2. The molecule has 1 aliphatic carbocycles. The van der Waals surface area contributed by atoms with Gasteiger partial charge in [0.05, 0.1) is 5.92 Å². The Hall–Kier alpha value is -2.76. The minimum Gasteiger partial charge on any atom is -0.459 e. The lowest BCUT2D eigenvalue weighted by atomic mass is 9.69. The third-order valence-electron chi connectivity index (χ3n) is 5.34. The largest absolute Gasteiger partial charge is 0.459 e. The molecule has 6 nitrogen and oxygen atoms in total. The van der Waals surface area contributed by atoms with Crippen molar-refractivity contribution >= 4 is 22.5 Å². The molecule has 3 rings (SSSR count). The summed E-state index contributed by atoms with van der Waals surface area (Å²) in [6.45, 7) is 4.70. The Bertz CT molecular complexity index is 930. The molecular formula is C22H25NO5. The number of hydrogen-bond acceptors (Lipinski definition) is 5. The lowest BCUT2D eigenvalue weighted by Gasteiger charge is -2.34. The zero-order valence-corrected chi connectivity index (χ0v) is 16.4. The van der Waals surface area contributed by atoms with Crippen LogP contribution in [0.4, 0.5) is 0 Å². The molecule has 0 bridgehead atoms. The first-order chi connectivity index (χ1) is 13.1. The Morgan fingerprint density at radius 3 is 2.46 bits per heavy atom. The van der Waals surface area contributed by atoms with E-state index in [1.807, 2.05) is 36.4 Å². The van der Waals surface area contributed by atoms with Crippen LogP contribution in [0.5, 0.6) is 0 Å². The molecule has 2 unspecified atom stereocenters. The molecule has 0 radical (unpaired) electrons. The molecule has 1 saturated carbocycles. The lowest BCUT2D eigenvalue weighted by Crippen LogP contribution is -2.47. The summed E-state index contributed by atoms with van der Waals surface area (Å²) in [6.07, 6.45) is 1.03. The number of nitro groups is 1. The van der Waals surface area contributed by atoms with Gasteiger partial charge in [0, 0.05) is 11.3 Å². The Morgan fingerprint density at radius 2 is 1.89 bits per heavy atom. The number of ether oxygens (including phenoxy) is 1. The fraction of sp³-hybridized carbons (Fsp3) is 0.455. The molecule has 0 spiro atoms. The quantitative estimate of drug-likeness (QED) is 0.333. The Kier molecular flexibility index (Phi) is 5.24. The molecule has 0 saturated heterocycles. The molecule has 148 valence electrons. The van der Waals surface area contributed by atoms with E-state index < -0.39 is 34.4 Å². The standard InChI is InChI=1S/C22H25NO5/c1-21(2,3)28-20(25)22(12-6-9-19(22)24)18(14-23(26)27)17-11-10-15-7-4-5-8-16(15)13-17/h4-5,7-8,10-11,13,18H,6,9,12,14H2,1-3H3. The average molecular weight is 383 g/mol. The number of fused-ring (bicyclic) bond motifs is 1. The highest BCUT2D eigenvalue weighted by molar-refractivity contribution is 6.06. The SMILES string of the molecule is CC(C)(C)OC(=O)C1(C(C[N+](=O)[O-])c2ccc3ccccc3c2)CCCC1=O. The van der Waals surface area contributed by atoms with Crippen LogP contribution >= 0.6 is 0 Å². The van der Waals surface area contributed by atoms with Crippen LogP contribution in [0.2, 0.25) is 0 Å². The number of rotatable bonds is 5. The zero-order valence-electron chi connectivity index (χ0n) is 16.4. The topological polar surface area (TPSA) is 86.5 Å². The van der Waals surface area contributed by atoms with Crippen molar-refractivity contribution < 1.29 is 19.2 Å². The average Bonchev–Trinajstić information content (AvgIpc) is 3.00. The van der Waals surface area contributed by atoms with Gasteiger partial charge in [-0.3, -0.25) is 19.7 Å². The van der Waals surface area contributed by atoms with Crippen molar-refractivity contribution in [1.29, 1.82) is 0 Å². The lowest BCUT2D eigenvalue weighted by molar-refractivity contribution is -0.485. The molecule has 1 aliphatic rings. The summed E-state index contributed by atoms with van der Waals surface area (Å²) >= 11 is 0. The summed E-state index contributed by atoms with van der Waals surface area (Å²) in [7, 11) is 0. The number of Topliss-reactive ketones (excluding diaryl/α,β-unsaturated/α-hetero) is 1. The molecule has 0 heterocycles. The van der Waals surface area contributed by atoms with Gasteiger partial charge in [-0.25, -0.2) is 0 Å². The van der Waals surface area contributed by atoms with Gasteiger partial charge in [0.2, 0.25) is 6.54 Å². The fourth-order valence-electron chi connectivity index (χ4n) is 4.11. The summed E-state index contributed by atoms with van der Waals surface area (Å²) in [5.41, 5.74) is -1.67. The van der Waals surface area contributed by atoms with Gasteiger partial charge in [-0.2, -0.15) is 0 Å². The molecule has 1 fully saturated rings. The molecule has 28 heavy (non-hydrogen) atoms. The van der Waals surface area contributed by atoms with Crippen LogP contribution in [0, 0.1) is 15.5 Å². The predicted molar refractivity (Wildman–Crippen MR) is 106 cm³/mol. The van der Waals surface area contributed by atoms with Crippen molar-refractivity contribution in [2.75, 3.05) is 6.54 Å². The van der Waals surface area contributed by atoms with Crippen LogP contribution in [0.3, 0.4) is 0 Å². The molecule has 6 heteroatoms. The normalized spacial score (nSPS) is 20.9.